The van der Waals surface area contributed by atoms with Crippen molar-refractivity contribution in [2.75, 3.05) is 6.61 Å². The third-order valence-electron chi connectivity index (χ3n) is 2.64. The summed E-state index contributed by atoms with van der Waals surface area (Å²) in [5.41, 5.74) is 0.0372. The van der Waals surface area contributed by atoms with Gasteiger partial charge in [0.05, 0.1) is 8.07 Å². The Morgan fingerprint density at radius 1 is 1.12 bits per heavy atom. The van der Waals surface area contributed by atoms with Crippen LogP contribution in [0.15, 0.2) is 12.1 Å². The number of hydrogen-bond donors (Lipinski definition) is 1. The van der Waals surface area contributed by atoms with E-state index < -0.39 is 25.5 Å². The number of halogens is 3. The molecule has 0 spiro atoms. The smallest absolute Gasteiger partial charge is 0.194 e. The zero-order chi connectivity index (χ0) is 12.5. The van der Waals surface area contributed by atoms with Gasteiger partial charge in [0.15, 0.2) is 17.5 Å². The Kier molecular flexibility index (Phi) is 3.80. The van der Waals surface area contributed by atoms with Crippen molar-refractivity contribution >= 4 is 8.07 Å². The third-order valence-corrected chi connectivity index (χ3v) is 5.24. The molecule has 0 aliphatic heterocycles. The summed E-state index contributed by atoms with van der Waals surface area (Å²) in [6.07, 6.45) is 0. The lowest BCUT2D eigenvalue weighted by Crippen LogP contribution is -2.33. The molecule has 5 heteroatoms. The molecule has 1 rings (SSSR count). The van der Waals surface area contributed by atoms with Crippen LogP contribution in [0.2, 0.25) is 19.6 Å². The summed E-state index contributed by atoms with van der Waals surface area (Å²) in [7, 11) is -1.80. The molecule has 0 aliphatic carbocycles. The molecule has 0 aliphatic rings. The highest BCUT2D eigenvalue weighted by Gasteiger charge is 2.29. The van der Waals surface area contributed by atoms with Crippen molar-refractivity contribution in [1.82, 2.24) is 0 Å². The zero-order valence-corrected chi connectivity index (χ0v) is 10.5. The summed E-state index contributed by atoms with van der Waals surface area (Å²) in [6, 6.07) is 1.94. The van der Waals surface area contributed by atoms with Crippen LogP contribution in [0, 0.1) is 17.5 Å². The van der Waals surface area contributed by atoms with Gasteiger partial charge >= 0.3 is 0 Å². The Bertz CT molecular complexity index is 364. The van der Waals surface area contributed by atoms with Gasteiger partial charge in [-0.1, -0.05) is 19.6 Å². The predicted octanol–water partition coefficient (Wildman–Crippen LogP) is 3.06. The number of rotatable bonds is 3. The molecule has 1 N–H and O–H groups in total. The Hall–Kier alpha value is -0.813. The summed E-state index contributed by atoms with van der Waals surface area (Å²) >= 11 is 0. The molecular formula is C11H15F3OSi. The van der Waals surface area contributed by atoms with Crippen LogP contribution >= 0.6 is 0 Å². The largest absolute Gasteiger partial charge is 0.396 e. The van der Waals surface area contributed by atoms with Crippen LogP contribution in [0.5, 0.6) is 0 Å². The molecule has 1 nitrogen and oxygen atoms in total. The van der Waals surface area contributed by atoms with Crippen molar-refractivity contribution in [2.24, 2.45) is 0 Å². The van der Waals surface area contributed by atoms with E-state index in [1.165, 1.54) is 0 Å². The van der Waals surface area contributed by atoms with E-state index in [0.717, 1.165) is 12.1 Å². The van der Waals surface area contributed by atoms with E-state index in [2.05, 4.69) is 0 Å². The predicted molar refractivity (Wildman–Crippen MR) is 59.5 cm³/mol. The second-order valence-corrected chi connectivity index (χ2v) is 10.3. The molecule has 0 aromatic heterocycles. The van der Waals surface area contributed by atoms with Crippen molar-refractivity contribution in [1.29, 1.82) is 0 Å². The molecule has 1 aromatic rings. The van der Waals surface area contributed by atoms with Gasteiger partial charge in [0.25, 0.3) is 0 Å². The van der Waals surface area contributed by atoms with Gasteiger partial charge in [-0.2, -0.15) is 0 Å². The van der Waals surface area contributed by atoms with E-state index >= 15 is 0 Å². The molecule has 0 heterocycles. The van der Waals surface area contributed by atoms with Gasteiger partial charge in [-0.25, -0.2) is 13.2 Å². The van der Waals surface area contributed by atoms with Gasteiger partial charge in [0.1, 0.15) is 0 Å². The summed E-state index contributed by atoms with van der Waals surface area (Å²) in [5, 5.41) is 9.26. The minimum Gasteiger partial charge on any atom is -0.396 e. The number of benzene rings is 1. The quantitative estimate of drug-likeness (QED) is 0.644. The molecule has 1 unspecified atom stereocenters. The van der Waals surface area contributed by atoms with Crippen molar-refractivity contribution in [3.05, 3.63) is 35.1 Å². The zero-order valence-electron chi connectivity index (χ0n) is 9.52. The van der Waals surface area contributed by atoms with E-state index in [1.54, 1.807) is 0 Å². The fourth-order valence-corrected chi connectivity index (χ4v) is 3.37. The topological polar surface area (TPSA) is 20.2 Å². The van der Waals surface area contributed by atoms with E-state index in [1.807, 2.05) is 19.6 Å². The van der Waals surface area contributed by atoms with Crippen LogP contribution in [0.25, 0.3) is 0 Å². The lowest BCUT2D eigenvalue weighted by molar-refractivity contribution is 0.289. The minimum atomic E-state index is -1.80. The third kappa shape index (κ3) is 2.65. The van der Waals surface area contributed by atoms with Crippen LogP contribution in [-0.4, -0.2) is 19.8 Å². The highest BCUT2D eigenvalue weighted by Crippen LogP contribution is 2.28. The molecule has 0 amide bonds. The number of hydrogen-bond acceptors (Lipinski definition) is 1. The maximum Gasteiger partial charge on any atom is 0.194 e. The average molecular weight is 248 g/mol. The van der Waals surface area contributed by atoms with Crippen molar-refractivity contribution < 1.29 is 18.3 Å². The lowest BCUT2D eigenvalue weighted by atomic mass is 10.1. The fourth-order valence-electron chi connectivity index (χ4n) is 1.66. The highest BCUT2D eigenvalue weighted by atomic mass is 28.3. The van der Waals surface area contributed by atoms with E-state index in [-0.39, 0.29) is 12.1 Å². The van der Waals surface area contributed by atoms with Gasteiger partial charge in [0, 0.05) is 12.1 Å². The van der Waals surface area contributed by atoms with E-state index in [9.17, 15) is 18.3 Å². The SMILES string of the molecule is C[Si](C)(C)C(CO)c1cc(F)c(F)c(F)c1. The first-order chi connectivity index (χ1) is 7.27. The molecular weight excluding hydrogens is 233 g/mol. The fraction of sp³-hybridized carbons (Fsp3) is 0.455. The summed E-state index contributed by atoms with van der Waals surface area (Å²) in [4.78, 5) is 0. The first-order valence-corrected chi connectivity index (χ1v) is 8.60. The second-order valence-electron chi connectivity index (χ2n) is 4.90. The number of aliphatic hydroxyl groups excluding tert-OH is 1. The molecule has 1 atom stereocenters. The average Bonchev–Trinajstić information content (AvgIpc) is 2.12. The Morgan fingerprint density at radius 3 is 1.88 bits per heavy atom. The molecule has 0 radical (unpaired) electrons. The highest BCUT2D eigenvalue weighted by molar-refractivity contribution is 6.77. The van der Waals surface area contributed by atoms with Crippen LogP contribution < -0.4 is 0 Å². The van der Waals surface area contributed by atoms with Gasteiger partial charge < -0.3 is 5.11 Å². The van der Waals surface area contributed by atoms with Crippen molar-refractivity contribution in [3.8, 4) is 0 Å². The number of aliphatic hydroxyl groups is 1. The Labute approximate surface area is 93.9 Å². The van der Waals surface area contributed by atoms with Crippen LogP contribution in [0.1, 0.15) is 11.1 Å². The monoisotopic (exact) mass is 248 g/mol. The molecule has 1 aromatic carbocycles. The first-order valence-electron chi connectivity index (χ1n) is 5.02. The maximum absolute atomic E-state index is 13.0. The van der Waals surface area contributed by atoms with Crippen molar-refractivity contribution in [2.45, 2.75) is 25.2 Å². The Balaban J connectivity index is 3.22. The molecule has 90 valence electrons. The van der Waals surface area contributed by atoms with Gasteiger partial charge in [-0.15, -0.1) is 0 Å². The van der Waals surface area contributed by atoms with Crippen LogP contribution in [0.3, 0.4) is 0 Å². The standard InChI is InChI=1S/C11H15F3OSi/c1-16(2,3)10(6-15)7-4-8(12)11(14)9(13)5-7/h4-5,10,15H,6H2,1-3H3. The molecule has 16 heavy (non-hydrogen) atoms. The normalized spacial score (nSPS) is 13.9. The Morgan fingerprint density at radius 2 is 1.56 bits per heavy atom. The summed E-state index contributed by atoms with van der Waals surface area (Å²) in [6.45, 7) is 5.76. The van der Waals surface area contributed by atoms with Gasteiger partial charge in [0.2, 0.25) is 0 Å². The van der Waals surface area contributed by atoms with Gasteiger partial charge in [-0.3, -0.25) is 0 Å². The maximum atomic E-state index is 13.0. The van der Waals surface area contributed by atoms with Gasteiger partial charge in [-0.05, 0) is 17.7 Å². The molecule has 0 bridgehead atoms. The molecule has 0 saturated heterocycles. The summed E-state index contributed by atoms with van der Waals surface area (Å²) < 4.78 is 38.9. The lowest BCUT2D eigenvalue weighted by Gasteiger charge is -2.27. The second kappa shape index (κ2) is 4.59. The van der Waals surface area contributed by atoms with Crippen molar-refractivity contribution in [3.63, 3.8) is 0 Å². The first kappa shape index (κ1) is 13.3. The minimum absolute atomic E-state index is 0.180. The molecule has 0 fully saturated rings. The van der Waals surface area contributed by atoms with E-state index in [4.69, 9.17) is 0 Å². The summed E-state index contributed by atoms with van der Waals surface area (Å²) in [5.74, 6) is -3.87. The van der Waals surface area contributed by atoms with Crippen LogP contribution in [0.4, 0.5) is 13.2 Å². The van der Waals surface area contributed by atoms with E-state index in [0.29, 0.717) is 5.56 Å². The molecule has 0 saturated carbocycles. The van der Waals surface area contributed by atoms with Crippen LogP contribution in [-0.2, 0) is 0 Å².